The zero-order valence-electron chi connectivity index (χ0n) is 14.9. The van der Waals surface area contributed by atoms with Crippen LogP contribution in [0.25, 0.3) is 0 Å². The maximum absolute atomic E-state index is 12.2. The van der Waals surface area contributed by atoms with Crippen LogP contribution in [0.3, 0.4) is 0 Å². The standard InChI is InChI=1S/C18H17ClN2O6/c1-20(2)14-6-4-12(9-15(14)21(24)25)18(23)27-10-16(22)11-5-7-17(26-3)13(19)8-11/h4-9H,10H2,1-3H3. The van der Waals surface area contributed by atoms with Gasteiger partial charge in [0.05, 0.1) is 22.6 Å². The Morgan fingerprint density at radius 1 is 1.15 bits per heavy atom. The maximum Gasteiger partial charge on any atom is 0.338 e. The van der Waals surface area contributed by atoms with E-state index in [1.54, 1.807) is 19.0 Å². The van der Waals surface area contributed by atoms with Gasteiger partial charge in [0.25, 0.3) is 5.69 Å². The van der Waals surface area contributed by atoms with Crippen molar-refractivity contribution in [3.63, 3.8) is 0 Å². The molecule has 0 fully saturated rings. The van der Waals surface area contributed by atoms with E-state index >= 15 is 0 Å². The first-order valence-corrected chi connectivity index (χ1v) is 8.12. The largest absolute Gasteiger partial charge is 0.495 e. The Morgan fingerprint density at radius 2 is 1.81 bits per heavy atom. The van der Waals surface area contributed by atoms with Gasteiger partial charge in [-0.1, -0.05) is 11.6 Å². The van der Waals surface area contributed by atoms with Gasteiger partial charge in [-0.2, -0.15) is 0 Å². The molecule has 0 radical (unpaired) electrons. The average Bonchev–Trinajstić information content (AvgIpc) is 2.64. The van der Waals surface area contributed by atoms with Crippen molar-refractivity contribution in [2.45, 2.75) is 0 Å². The van der Waals surface area contributed by atoms with Crippen molar-refractivity contribution in [2.24, 2.45) is 0 Å². The highest BCUT2D eigenvalue weighted by Crippen LogP contribution is 2.28. The minimum atomic E-state index is -0.837. The summed E-state index contributed by atoms with van der Waals surface area (Å²) in [7, 11) is 4.75. The quantitative estimate of drug-likeness (QED) is 0.308. The number of nitro groups is 1. The second kappa shape index (κ2) is 8.50. The number of hydrogen-bond donors (Lipinski definition) is 0. The Bertz CT molecular complexity index is 897. The van der Waals surface area contributed by atoms with Crippen LogP contribution in [0.1, 0.15) is 20.7 Å². The van der Waals surface area contributed by atoms with Gasteiger partial charge in [-0.3, -0.25) is 14.9 Å². The van der Waals surface area contributed by atoms with Crippen molar-refractivity contribution in [1.29, 1.82) is 0 Å². The third-order valence-corrected chi connectivity index (χ3v) is 3.99. The minimum absolute atomic E-state index is 0.0205. The lowest BCUT2D eigenvalue weighted by Crippen LogP contribution is -2.15. The van der Waals surface area contributed by atoms with E-state index in [-0.39, 0.29) is 21.8 Å². The van der Waals surface area contributed by atoms with Gasteiger partial charge in [-0.15, -0.1) is 0 Å². The molecule has 8 nitrogen and oxygen atoms in total. The van der Waals surface area contributed by atoms with Gasteiger partial charge >= 0.3 is 5.97 Å². The van der Waals surface area contributed by atoms with Gasteiger partial charge in [-0.05, 0) is 30.3 Å². The second-order valence-electron chi connectivity index (χ2n) is 5.70. The van der Waals surface area contributed by atoms with E-state index in [0.717, 1.165) is 6.07 Å². The monoisotopic (exact) mass is 392 g/mol. The number of ether oxygens (including phenoxy) is 2. The number of Topliss-reactive ketones (excluding diaryl/α,β-unsaturated/α-hetero) is 1. The van der Waals surface area contributed by atoms with Gasteiger partial charge in [-0.25, -0.2) is 4.79 Å². The van der Waals surface area contributed by atoms with Gasteiger partial charge in [0, 0.05) is 25.7 Å². The highest BCUT2D eigenvalue weighted by Gasteiger charge is 2.20. The van der Waals surface area contributed by atoms with Gasteiger partial charge < -0.3 is 14.4 Å². The van der Waals surface area contributed by atoms with E-state index in [9.17, 15) is 19.7 Å². The van der Waals surface area contributed by atoms with Crippen LogP contribution in [0.15, 0.2) is 36.4 Å². The molecule has 27 heavy (non-hydrogen) atoms. The minimum Gasteiger partial charge on any atom is -0.495 e. The summed E-state index contributed by atoms with van der Waals surface area (Å²) in [5, 5.41) is 11.4. The van der Waals surface area contributed by atoms with Gasteiger partial charge in [0.1, 0.15) is 11.4 Å². The normalized spacial score (nSPS) is 10.2. The summed E-state index contributed by atoms with van der Waals surface area (Å²) < 4.78 is 9.98. The average molecular weight is 393 g/mol. The number of halogens is 1. The predicted molar refractivity (Wildman–Crippen MR) is 100 cm³/mol. The number of rotatable bonds is 7. The van der Waals surface area contributed by atoms with Crippen molar-refractivity contribution in [3.05, 3.63) is 62.7 Å². The molecule has 2 rings (SSSR count). The van der Waals surface area contributed by atoms with E-state index in [4.69, 9.17) is 21.1 Å². The molecule has 0 N–H and O–H groups in total. The summed E-state index contributed by atoms with van der Waals surface area (Å²) in [5.74, 6) is -0.887. The molecular weight excluding hydrogens is 376 g/mol. The summed E-state index contributed by atoms with van der Waals surface area (Å²) >= 11 is 5.97. The highest BCUT2D eigenvalue weighted by atomic mass is 35.5. The number of nitro benzene ring substituents is 1. The number of ketones is 1. The van der Waals surface area contributed by atoms with Crippen LogP contribution in [0.2, 0.25) is 5.02 Å². The number of benzene rings is 2. The molecule has 0 aliphatic rings. The predicted octanol–water partition coefficient (Wildman–Crippen LogP) is 3.36. The van der Waals surface area contributed by atoms with Gasteiger partial charge in [0.2, 0.25) is 0 Å². The Balaban J connectivity index is 2.11. The van der Waals surface area contributed by atoms with E-state index in [1.165, 1.54) is 37.4 Å². The van der Waals surface area contributed by atoms with E-state index in [0.29, 0.717) is 11.4 Å². The molecule has 0 spiro atoms. The lowest BCUT2D eigenvalue weighted by Gasteiger charge is -2.13. The topological polar surface area (TPSA) is 99.0 Å². The third-order valence-electron chi connectivity index (χ3n) is 3.70. The first kappa shape index (κ1) is 20.2. The van der Waals surface area contributed by atoms with Crippen LogP contribution in [-0.2, 0) is 4.74 Å². The molecule has 0 heterocycles. The van der Waals surface area contributed by atoms with Crippen LogP contribution >= 0.6 is 11.6 Å². The van der Waals surface area contributed by atoms with E-state index in [1.807, 2.05) is 0 Å². The van der Waals surface area contributed by atoms with Crippen molar-refractivity contribution >= 4 is 34.7 Å². The third kappa shape index (κ3) is 4.73. The molecule has 142 valence electrons. The van der Waals surface area contributed by atoms with Crippen LogP contribution < -0.4 is 9.64 Å². The number of carbonyl (C=O) groups excluding carboxylic acids is 2. The number of hydrogen-bond acceptors (Lipinski definition) is 7. The summed E-state index contributed by atoms with van der Waals surface area (Å²) in [4.78, 5) is 36.5. The molecule has 0 aliphatic carbocycles. The van der Waals surface area contributed by atoms with Crippen molar-refractivity contribution < 1.29 is 24.0 Å². The second-order valence-corrected chi connectivity index (χ2v) is 6.11. The lowest BCUT2D eigenvalue weighted by molar-refractivity contribution is -0.384. The lowest BCUT2D eigenvalue weighted by atomic mass is 10.1. The zero-order valence-corrected chi connectivity index (χ0v) is 15.6. The summed E-state index contributed by atoms with van der Waals surface area (Å²) in [5.41, 5.74) is 0.346. The van der Waals surface area contributed by atoms with Crippen LogP contribution in [0, 0.1) is 10.1 Å². The maximum atomic E-state index is 12.2. The fraction of sp³-hybridized carbons (Fsp3) is 0.222. The molecule has 0 unspecified atom stereocenters. The van der Waals surface area contributed by atoms with Crippen LogP contribution in [0.5, 0.6) is 5.75 Å². The molecule has 9 heteroatoms. The number of anilines is 1. The Hall–Kier alpha value is -3.13. The number of methoxy groups -OCH3 is 1. The summed E-state index contributed by atoms with van der Waals surface area (Å²) in [6.07, 6.45) is 0. The molecule has 0 atom stereocenters. The van der Waals surface area contributed by atoms with E-state index < -0.39 is 23.3 Å². The SMILES string of the molecule is COc1ccc(C(=O)COC(=O)c2ccc(N(C)C)c([N+](=O)[O-])c2)cc1Cl. The smallest absolute Gasteiger partial charge is 0.338 e. The first-order valence-electron chi connectivity index (χ1n) is 7.74. The van der Waals surface area contributed by atoms with Crippen LogP contribution in [0.4, 0.5) is 11.4 Å². The van der Waals surface area contributed by atoms with Crippen molar-refractivity contribution in [2.75, 3.05) is 32.7 Å². The van der Waals surface area contributed by atoms with Crippen molar-refractivity contribution in [1.82, 2.24) is 0 Å². The molecule has 0 amide bonds. The van der Waals surface area contributed by atoms with Crippen molar-refractivity contribution in [3.8, 4) is 5.75 Å². The summed E-state index contributed by atoms with van der Waals surface area (Å²) in [6, 6.07) is 8.40. The molecule has 2 aromatic rings. The zero-order chi connectivity index (χ0) is 20.1. The molecule has 0 aromatic heterocycles. The Labute approximate surface area is 160 Å². The first-order chi connectivity index (χ1) is 12.7. The van der Waals surface area contributed by atoms with Crippen LogP contribution in [-0.4, -0.2) is 44.5 Å². The summed E-state index contributed by atoms with van der Waals surface area (Å²) in [6.45, 7) is -0.523. The molecule has 2 aromatic carbocycles. The molecular formula is C18H17ClN2O6. The number of esters is 1. The molecule has 0 aliphatic heterocycles. The molecule has 0 saturated heterocycles. The molecule has 0 bridgehead atoms. The Kier molecular flexibility index (Phi) is 6.36. The fourth-order valence-electron chi connectivity index (χ4n) is 2.31. The fourth-order valence-corrected chi connectivity index (χ4v) is 2.57. The number of nitrogens with zero attached hydrogens (tertiary/aromatic N) is 2. The van der Waals surface area contributed by atoms with Gasteiger partial charge in [0.15, 0.2) is 12.4 Å². The Morgan fingerprint density at radius 3 is 2.37 bits per heavy atom. The van der Waals surface area contributed by atoms with E-state index in [2.05, 4.69) is 0 Å². The molecule has 0 saturated carbocycles. The highest BCUT2D eigenvalue weighted by molar-refractivity contribution is 6.32. The number of carbonyl (C=O) groups is 2.